The Morgan fingerprint density at radius 3 is 2.75 bits per heavy atom. The molecule has 1 aliphatic rings. The van der Waals surface area contributed by atoms with Crippen molar-refractivity contribution in [2.24, 2.45) is 5.92 Å². The van der Waals surface area contributed by atoms with Crippen LogP contribution in [0.25, 0.3) is 0 Å². The molecule has 0 aromatic carbocycles. The molecular formula is C13H22N2S. The van der Waals surface area contributed by atoms with Crippen LogP contribution in [0.1, 0.15) is 57.5 Å². The molecule has 1 aliphatic carbocycles. The van der Waals surface area contributed by atoms with Gasteiger partial charge in [-0.15, -0.1) is 11.3 Å². The van der Waals surface area contributed by atoms with E-state index in [1.165, 1.54) is 30.7 Å². The van der Waals surface area contributed by atoms with Gasteiger partial charge < -0.3 is 5.32 Å². The molecule has 0 aliphatic heterocycles. The third kappa shape index (κ3) is 2.83. The van der Waals surface area contributed by atoms with Crippen molar-refractivity contribution in [2.75, 3.05) is 0 Å². The van der Waals surface area contributed by atoms with Crippen molar-refractivity contribution in [1.82, 2.24) is 10.3 Å². The summed E-state index contributed by atoms with van der Waals surface area (Å²) < 4.78 is 0. The van der Waals surface area contributed by atoms with E-state index in [4.69, 9.17) is 0 Å². The lowest BCUT2D eigenvalue weighted by Gasteiger charge is -2.39. The van der Waals surface area contributed by atoms with Crippen LogP contribution in [-0.4, -0.2) is 10.5 Å². The molecule has 3 heteroatoms. The Balaban J connectivity index is 1.93. The molecule has 1 atom stereocenters. The van der Waals surface area contributed by atoms with Gasteiger partial charge in [-0.3, -0.25) is 0 Å². The normalized spacial score (nSPS) is 32.6. The summed E-state index contributed by atoms with van der Waals surface area (Å²) in [5, 5.41) is 7.03. The largest absolute Gasteiger partial charge is 0.303 e. The predicted molar refractivity (Wildman–Crippen MR) is 69.7 cm³/mol. The van der Waals surface area contributed by atoms with E-state index in [9.17, 15) is 0 Å². The number of thiazole rings is 1. The fourth-order valence-corrected chi connectivity index (χ4v) is 3.22. The molecule has 0 amide bonds. The molecule has 0 bridgehead atoms. The van der Waals surface area contributed by atoms with E-state index in [0.29, 0.717) is 11.6 Å². The quantitative estimate of drug-likeness (QED) is 0.867. The fourth-order valence-electron chi connectivity index (χ4n) is 2.58. The summed E-state index contributed by atoms with van der Waals surface area (Å²) >= 11 is 1.75. The van der Waals surface area contributed by atoms with E-state index in [1.807, 2.05) is 6.20 Å². The monoisotopic (exact) mass is 238 g/mol. The summed E-state index contributed by atoms with van der Waals surface area (Å²) in [4.78, 5) is 4.38. The topological polar surface area (TPSA) is 24.9 Å². The van der Waals surface area contributed by atoms with Crippen LogP contribution in [0.2, 0.25) is 0 Å². The Labute approximate surface area is 102 Å². The minimum atomic E-state index is 0.317. The molecule has 1 aromatic heterocycles. The molecule has 16 heavy (non-hydrogen) atoms. The van der Waals surface area contributed by atoms with Crippen LogP contribution in [0.15, 0.2) is 11.6 Å². The fraction of sp³-hybridized carbons (Fsp3) is 0.769. The molecular weight excluding hydrogens is 216 g/mol. The van der Waals surface area contributed by atoms with Gasteiger partial charge in [0.05, 0.1) is 6.04 Å². The van der Waals surface area contributed by atoms with Crippen molar-refractivity contribution in [3.63, 3.8) is 0 Å². The van der Waals surface area contributed by atoms with Crippen molar-refractivity contribution in [3.05, 3.63) is 16.6 Å². The molecule has 2 nitrogen and oxygen atoms in total. The lowest BCUT2D eigenvalue weighted by atomic mass is 9.78. The SMILES string of the molecule is CC1CCC(C)(NC(C)c2nccs2)CC1. The Morgan fingerprint density at radius 2 is 2.19 bits per heavy atom. The summed E-state index contributed by atoms with van der Waals surface area (Å²) in [6.45, 7) is 6.95. The van der Waals surface area contributed by atoms with Crippen LogP contribution in [0, 0.1) is 5.92 Å². The molecule has 1 aromatic rings. The average Bonchev–Trinajstić information content (AvgIpc) is 2.76. The lowest BCUT2D eigenvalue weighted by Crippen LogP contribution is -2.46. The van der Waals surface area contributed by atoms with Crippen molar-refractivity contribution in [2.45, 2.75) is 58.0 Å². The average molecular weight is 238 g/mol. The number of rotatable bonds is 3. The first kappa shape index (κ1) is 12.1. The Kier molecular flexibility index (Phi) is 3.65. The van der Waals surface area contributed by atoms with E-state index in [0.717, 1.165) is 5.92 Å². The standard InChI is InChI=1S/C13H22N2S/c1-10-4-6-13(3,7-5-10)15-11(2)12-14-8-9-16-12/h8-11,15H,4-7H2,1-3H3. The summed E-state index contributed by atoms with van der Waals surface area (Å²) in [7, 11) is 0. The maximum absolute atomic E-state index is 4.38. The third-order valence-electron chi connectivity index (χ3n) is 3.76. The van der Waals surface area contributed by atoms with Gasteiger partial charge in [-0.2, -0.15) is 0 Å². The van der Waals surface area contributed by atoms with Crippen LogP contribution in [-0.2, 0) is 0 Å². The third-order valence-corrected chi connectivity index (χ3v) is 4.72. The van der Waals surface area contributed by atoms with E-state index in [1.54, 1.807) is 11.3 Å². The van der Waals surface area contributed by atoms with E-state index >= 15 is 0 Å². The van der Waals surface area contributed by atoms with Crippen LogP contribution in [0.4, 0.5) is 0 Å². The molecule has 2 rings (SSSR count). The first-order valence-corrected chi connectivity index (χ1v) is 7.14. The maximum atomic E-state index is 4.38. The van der Waals surface area contributed by atoms with Gasteiger partial charge in [0.25, 0.3) is 0 Å². The van der Waals surface area contributed by atoms with Gasteiger partial charge >= 0.3 is 0 Å². The lowest BCUT2D eigenvalue weighted by molar-refractivity contribution is 0.198. The van der Waals surface area contributed by atoms with Crippen molar-refractivity contribution >= 4 is 11.3 Å². The van der Waals surface area contributed by atoms with E-state index in [2.05, 4.69) is 36.5 Å². The van der Waals surface area contributed by atoms with Crippen molar-refractivity contribution < 1.29 is 0 Å². The highest BCUT2D eigenvalue weighted by molar-refractivity contribution is 7.09. The summed E-state index contributed by atoms with van der Waals surface area (Å²) in [5.41, 5.74) is 0.317. The predicted octanol–water partition coefficient (Wildman–Crippen LogP) is 3.76. The molecule has 0 spiro atoms. The molecule has 0 saturated heterocycles. The van der Waals surface area contributed by atoms with Gasteiger partial charge in [-0.05, 0) is 45.4 Å². The first-order chi connectivity index (χ1) is 7.59. The minimum Gasteiger partial charge on any atom is -0.303 e. The highest BCUT2D eigenvalue weighted by Gasteiger charge is 2.31. The number of hydrogen-bond donors (Lipinski definition) is 1. The molecule has 90 valence electrons. The minimum absolute atomic E-state index is 0.317. The number of aromatic nitrogens is 1. The van der Waals surface area contributed by atoms with Crippen molar-refractivity contribution in [1.29, 1.82) is 0 Å². The van der Waals surface area contributed by atoms with Crippen LogP contribution in [0.5, 0.6) is 0 Å². The van der Waals surface area contributed by atoms with Crippen LogP contribution < -0.4 is 5.32 Å². The van der Waals surface area contributed by atoms with Gasteiger partial charge in [0, 0.05) is 17.1 Å². The van der Waals surface area contributed by atoms with Crippen molar-refractivity contribution in [3.8, 4) is 0 Å². The van der Waals surface area contributed by atoms with Crippen LogP contribution in [0.3, 0.4) is 0 Å². The zero-order valence-electron chi connectivity index (χ0n) is 10.5. The highest BCUT2D eigenvalue weighted by atomic mass is 32.1. The molecule has 1 N–H and O–H groups in total. The smallest absolute Gasteiger partial charge is 0.109 e. The molecule has 0 radical (unpaired) electrons. The van der Waals surface area contributed by atoms with Gasteiger partial charge in [0.15, 0.2) is 0 Å². The van der Waals surface area contributed by atoms with E-state index in [-0.39, 0.29) is 0 Å². The highest BCUT2D eigenvalue weighted by Crippen LogP contribution is 2.33. The molecule has 1 fully saturated rings. The van der Waals surface area contributed by atoms with E-state index < -0.39 is 0 Å². The summed E-state index contributed by atoms with van der Waals surface area (Å²) in [6.07, 6.45) is 7.19. The zero-order valence-corrected chi connectivity index (χ0v) is 11.3. The Hall–Kier alpha value is -0.410. The van der Waals surface area contributed by atoms with Gasteiger partial charge in [0.2, 0.25) is 0 Å². The number of nitrogens with zero attached hydrogens (tertiary/aromatic N) is 1. The molecule has 1 saturated carbocycles. The summed E-state index contributed by atoms with van der Waals surface area (Å²) in [6, 6.07) is 0.387. The Bertz CT molecular complexity index is 313. The van der Waals surface area contributed by atoms with Crippen LogP contribution >= 0.6 is 11.3 Å². The number of hydrogen-bond acceptors (Lipinski definition) is 3. The van der Waals surface area contributed by atoms with Gasteiger partial charge in [-0.25, -0.2) is 4.98 Å². The second kappa shape index (κ2) is 4.84. The zero-order chi connectivity index (χ0) is 11.6. The Morgan fingerprint density at radius 1 is 1.50 bits per heavy atom. The molecule has 1 unspecified atom stereocenters. The van der Waals surface area contributed by atoms with Gasteiger partial charge in [-0.1, -0.05) is 6.92 Å². The maximum Gasteiger partial charge on any atom is 0.109 e. The number of nitrogens with one attached hydrogen (secondary N) is 1. The molecule has 1 heterocycles. The second-order valence-electron chi connectivity index (χ2n) is 5.48. The second-order valence-corrected chi connectivity index (χ2v) is 6.41. The first-order valence-electron chi connectivity index (χ1n) is 6.26. The van der Waals surface area contributed by atoms with Gasteiger partial charge in [0.1, 0.15) is 5.01 Å². The summed E-state index contributed by atoms with van der Waals surface area (Å²) in [5.74, 6) is 0.907.